The maximum Gasteiger partial charge on any atom is 0.326 e. The number of amides is 1. The van der Waals surface area contributed by atoms with Gasteiger partial charge in [-0.15, -0.1) is 0 Å². The number of rotatable bonds is 6. The quantitative estimate of drug-likeness (QED) is 0.838. The summed E-state index contributed by atoms with van der Waals surface area (Å²) in [5.41, 5.74) is 1.88. The molecule has 1 unspecified atom stereocenters. The van der Waals surface area contributed by atoms with Crippen LogP contribution < -0.4 is 5.32 Å². The van der Waals surface area contributed by atoms with E-state index in [-0.39, 0.29) is 5.92 Å². The first-order chi connectivity index (χ1) is 11.3. The van der Waals surface area contributed by atoms with Crippen molar-refractivity contribution in [2.75, 3.05) is 0 Å². The third kappa shape index (κ3) is 3.76. The fourth-order valence-electron chi connectivity index (χ4n) is 2.45. The smallest absolute Gasteiger partial charge is 0.326 e. The summed E-state index contributed by atoms with van der Waals surface area (Å²) >= 11 is 5.91. The van der Waals surface area contributed by atoms with E-state index in [2.05, 4.69) is 10.4 Å². The van der Waals surface area contributed by atoms with E-state index in [9.17, 15) is 9.59 Å². The summed E-state index contributed by atoms with van der Waals surface area (Å²) in [7, 11) is 0. The Labute approximate surface area is 145 Å². The highest BCUT2D eigenvalue weighted by Crippen LogP contribution is 2.24. The number of aromatic nitrogens is 2. The molecule has 1 heterocycles. The van der Waals surface area contributed by atoms with Crippen molar-refractivity contribution >= 4 is 23.5 Å². The number of carbonyl (C=O) groups excluding carboxylic acids is 1. The second kappa shape index (κ2) is 7.49. The Morgan fingerprint density at radius 1 is 1.29 bits per heavy atom. The van der Waals surface area contributed by atoms with Crippen molar-refractivity contribution in [2.24, 2.45) is 0 Å². The maximum atomic E-state index is 12.5. The van der Waals surface area contributed by atoms with Gasteiger partial charge in [0.05, 0.1) is 23.1 Å². The molecule has 24 heavy (non-hydrogen) atoms. The molecular weight excluding hydrogens is 330 g/mol. The van der Waals surface area contributed by atoms with Crippen LogP contribution in [0.5, 0.6) is 0 Å². The van der Waals surface area contributed by atoms with Crippen LogP contribution in [0.3, 0.4) is 0 Å². The molecule has 2 N–H and O–H groups in total. The highest BCUT2D eigenvalue weighted by atomic mass is 35.5. The largest absolute Gasteiger partial charge is 0.480 e. The number of nitrogens with zero attached hydrogens (tertiary/aromatic N) is 2. The molecule has 2 aromatic rings. The number of carbonyl (C=O) groups is 2. The molecule has 0 saturated carbocycles. The average Bonchev–Trinajstić information content (AvgIpc) is 2.98. The number of nitrogens with one attached hydrogen (secondary N) is 1. The van der Waals surface area contributed by atoms with E-state index < -0.39 is 17.9 Å². The van der Waals surface area contributed by atoms with Crippen LogP contribution in [0.25, 0.3) is 5.69 Å². The van der Waals surface area contributed by atoms with Crippen molar-refractivity contribution in [3.05, 3.63) is 46.7 Å². The molecule has 0 bridgehead atoms. The Kier molecular flexibility index (Phi) is 5.62. The first-order valence-corrected chi connectivity index (χ1v) is 8.10. The van der Waals surface area contributed by atoms with Crippen LogP contribution in [-0.2, 0) is 4.79 Å². The topological polar surface area (TPSA) is 84.2 Å². The third-order valence-electron chi connectivity index (χ3n) is 3.68. The minimum absolute atomic E-state index is 0.0221. The van der Waals surface area contributed by atoms with Crippen LogP contribution >= 0.6 is 11.6 Å². The second-order valence-electron chi connectivity index (χ2n) is 5.76. The van der Waals surface area contributed by atoms with Crippen molar-refractivity contribution in [2.45, 2.75) is 39.2 Å². The summed E-state index contributed by atoms with van der Waals surface area (Å²) in [6.07, 6.45) is 1.78. The zero-order chi connectivity index (χ0) is 17.9. The minimum atomic E-state index is -1.05. The minimum Gasteiger partial charge on any atom is -0.480 e. The number of hydrogen-bond acceptors (Lipinski definition) is 3. The molecule has 6 nitrogen and oxygen atoms in total. The number of carboxylic acids is 1. The summed E-state index contributed by atoms with van der Waals surface area (Å²) in [6, 6.07) is 6.21. The zero-order valence-corrected chi connectivity index (χ0v) is 14.5. The number of halogens is 1. The fraction of sp³-hybridized carbons (Fsp3) is 0.353. The Bertz CT molecular complexity index is 738. The predicted molar refractivity (Wildman–Crippen MR) is 91.8 cm³/mol. The van der Waals surface area contributed by atoms with Crippen LogP contribution in [0.15, 0.2) is 30.5 Å². The van der Waals surface area contributed by atoms with Gasteiger partial charge in [-0.1, -0.05) is 32.4 Å². The van der Waals surface area contributed by atoms with E-state index in [1.165, 1.54) is 6.20 Å². The molecule has 1 aromatic carbocycles. The molecule has 0 fully saturated rings. The Balaban J connectivity index is 2.39. The van der Waals surface area contributed by atoms with Crippen molar-refractivity contribution in [1.82, 2.24) is 15.1 Å². The van der Waals surface area contributed by atoms with E-state index >= 15 is 0 Å². The van der Waals surface area contributed by atoms with Gasteiger partial charge in [0.15, 0.2) is 0 Å². The molecule has 0 saturated heterocycles. The highest BCUT2D eigenvalue weighted by molar-refractivity contribution is 6.30. The van der Waals surface area contributed by atoms with Gasteiger partial charge in [0, 0.05) is 5.02 Å². The van der Waals surface area contributed by atoms with Crippen LogP contribution in [0.4, 0.5) is 0 Å². The number of hydrogen-bond donors (Lipinski definition) is 2. The molecule has 1 atom stereocenters. The molecule has 2 rings (SSSR count). The van der Waals surface area contributed by atoms with Gasteiger partial charge in [0.25, 0.3) is 5.91 Å². The van der Waals surface area contributed by atoms with Gasteiger partial charge in [-0.3, -0.25) is 4.79 Å². The lowest BCUT2D eigenvalue weighted by atomic mass is 10.0. The lowest BCUT2D eigenvalue weighted by molar-refractivity contribution is -0.139. The van der Waals surface area contributed by atoms with Crippen molar-refractivity contribution < 1.29 is 14.7 Å². The lowest BCUT2D eigenvalue weighted by Crippen LogP contribution is -2.40. The van der Waals surface area contributed by atoms with Gasteiger partial charge in [0.1, 0.15) is 6.04 Å². The van der Waals surface area contributed by atoms with Crippen LogP contribution in [0, 0.1) is 0 Å². The predicted octanol–water partition coefficient (Wildman–Crippen LogP) is 3.24. The Morgan fingerprint density at radius 2 is 1.92 bits per heavy atom. The molecule has 0 spiro atoms. The third-order valence-corrected chi connectivity index (χ3v) is 3.93. The van der Waals surface area contributed by atoms with Crippen LogP contribution in [0.2, 0.25) is 5.02 Å². The van der Waals surface area contributed by atoms with Gasteiger partial charge in [-0.25, -0.2) is 9.48 Å². The van der Waals surface area contributed by atoms with Crippen LogP contribution in [0.1, 0.15) is 49.2 Å². The lowest BCUT2D eigenvalue weighted by Gasteiger charge is -2.15. The molecular formula is C17H20ClN3O3. The average molecular weight is 350 g/mol. The summed E-state index contributed by atoms with van der Waals surface area (Å²) in [5, 5.41) is 16.6. The van der Waals surface area contributed by atoms with Crippen molar-refractivity contribution in [3.8, 4) is 5.69 Å². The Hall–Kier alpha value is -2.34. The highest BCUT2D eigenvalue weighted by Gasteiger charge is 2.24. The monoisotopic (exact) mass is 349 g/mol. The van der Waals surface area contributed by atoms with Gasteiger partial charge < -0.3 is 10.4 Å². The van der Waals surface area contributed by atoms with Crippen molar-refractivity contribution in [1.29, 1.82) is 0 Å². The summed E-state index contributed by atoms with van der Waals surface area (Å²) in [4.78, 5) is 23.6. The SMILES string of the molecule is CCC(NC(=O)c1cnn(-c2ccc(Cl)cc2)c1C(C)C)C(=O)O. The summed E-state index contributed by atoms with van der Waals surface area (Å²) in [6.45, 7) is 5.61. The molecule has 0 aliphatic heterocycles. The normalized spacial score (nSPS) is 12.2. The molecule has 0 radical (unpaired) electrons. The summed E-state index contributed by atoms with van der Waals surface area (Å²) in [5.74, 6) is -1.47. The zero-order valence-electron chi connectivity index (χ0n) is 13.8. The summed E-state index contributed by atoms with van der Waals surface area (Å²) < 4.78 is 1.68. The molecule has 1 aromatic heterocycles. The number of carboxylic acid groups (broad SMARTS) is 1. The molecule has 0 aliphatic rings. The number of benzene rings is 1. The van der Waals surface area contributed by atoms with Gasteiger partial charge in [0.2, 0.25) is 0 Å². The van der Waals surface area contributed by atoms with Crippen LogP contribution in [-0.4, -0.2) is 32.8 Å². The van der Waals surface area contributed by atoms with E-state index in [1.54, 1.807) is 23.7 Å². The van der Waals surface area contributed by atoms with Crippen molar-refractivity contribution in [3.63, 3.8) is 0 Å². The van der Waals surface area contributed by atoms with Gasteiger partial charge in [-0.2, -0.15) is 5.10 Å². The standard InChI is InChI=1S/C17H20ClN3O3/c1-4-14(17(23)24)20-16(22)13-9-19-21(15(13)10(2)3)12-7-5-11(18)6-8-12/h5-10,14H,4H2,1-3H3,(H,20,22)(H,23,24). The number of aliphatic carboxylic acids is 1. The first-order valence-electron chi connectivity index (χ1n) is 7.72. The Morgan fingerprint density at radius 3 is 2.42 bits per heavy atom. The first kappa shape index (κ1) is 18.0. The molecule has 7 heteroatoms. The van der Waals surface area contributed by atoms with E-state index in [0.717, 1.165) is 11.4 Å². The second-order valence-corrected chi connectivity index (χ2v) is 6.20. The van der Waals surface area contributed by atoms with Gasteiger partial charge >= 0.3 is 5.97 Å². The molecule has 0 aliphatic carbocycles. The molecule has 1 amide bonds. The van der Waals surface area contributed by atoms with E-state index in [0.29, 0.717) is 17.0 Å². The maximum absolute atomic E-state index is 12.5. The van der Waals surface area contributed by atoms with Gasteiger partial charge in [-0.05, 0) is 36.6 Å². The fourth-order valence-corrected chi connectivity index (χ4v) is 2.58. The van der Waals surface area contributed by atoms with E-state index in [1.807, 2.05) is 26.0 Å². The van der Waals surface area contributed by atoms with E-state index in [4.69, 9.17) is 16.7 Å². The molecule has 128 valence electrons.